The first-order valence-electron chi connectivity index (χ1n) is 5.77. The smallest absolute Gasteiger partial charge is 0.319 e. The third-order valence-corrected chi connectivity index (χ3v) is 3.18. The van der Waals surface area contributed by atoms with Crippen LogP contribution in [0.25, 0.3) is 0 Å². The summed E-state index contributed by atoms with van der Waals surface area (Å²) < 4.78 is 5.19. The topological polar surface area (TPSA) is 76.4 Å². The highest BCUT2D eigenvalue weighted by atomic mass is 35.5. The monoisotopic (exact) mass is 269 g/mol. The van der Waals surface area contributed by atoms with E-state index in [2.05, 4.69) is 10.6 Å². The molecular weight excluding hydrogens is 254 g/mol. The first kappa shape index (κ1) is 13.0. The molecule has 1 fully saturated rings. The summed E-state index contributed by atoms with van der Waals surface area (Å²) in [6.45, 7) is 3.12. The molecule has 1 atom stereocenters. The summed E-state index contributed by atoms with van der Waals surface area (Å²) in [7, 11) is 0. The highest BCUT2D eigenvalue weighted by Crippen LogP contribution is 2.26. The Labute approximate surface area is 111 Å². The molecular formula is C12H16ClN3O2. The van der Waals surface area contributed by atoms with E-state index in [-0.39, 0.29) is 12.1 Å². The second kappa shape index (κ2) is 5.46. The second-order valence-electron chi connectivity index (χ2n) is 4.35. The fraction of sp³-hybridized carbons (Fsp3) is 0.417. The molecule has 0 bridgehead atoms. The number of nitrogens with one attached hydrogen (secondary N) is 2. The van der Waals surface area contributed by atoms with Crippen LogP contribution in [0.1, 0.15) is 12.0 Å². The van der Waals surface area contributed by atoms with Gasteiger partial charge in [-0.3, -0.25) is 0 Å². The van der Waals surface area contributed by atoms with Gasteiger partial charge in [0, 0.05) is 12.3 Å². The Bertz CT molecular complexity index is 459. The fourth-order valence-electron chi connectivity index (χ4n) is 1.83. The molecule has 4 N–H and O–H groups in total. The van der Waals surface area contributed by atoms with Crippen molar-refractivity contribution in [3.63, 3.8) is 0 Å². The molecule has 18 heavy (non-hydrogen) atoms. The Balaban J connectivity index is 2.00. The summed E-state index contributed by atoms with van der Waals surface area (Å²) in [5, 5.41) is 6.03. The maximum atomic E-state index is 11.8. The zero-order chi connectivity index (χ0) is 13.1. The molecule has 0 radical (unpaired) electrons. The van der Waals surface area contributed by atoms with Crippen molar-refractivity contribution < 1.29 is 9.53 Å². The average Bonchev–Trinajstić information content (AvgIpc) is 2.78. The molecule has 1 aromatic carbocycles. The van der Waals surface area contributed by atoms with Crippen molar-refractivity contribution in [1.82, 2.24) is 5.32 Å². The van der Waals surface area contributed by atoms with Gasteiger partial charge in [-0.15, -0.1) is 0 Å². The van der Waals surface area contributed by atoms with Crippen LogP contribution >= 0.6 is 11.6 Å². The zero-order valence-electron chi connectivity index (χ0n) is 10.1. The van der Waals surface area contributed by atoms with E-state index in [0.29, 0.717) is 29.6 Å². The molecule has 1 saturated heterocycles. The van der Waals surface area contributed by atoms with Crippen LogP contribution < -0.4 is 16.4 Å². The van der Waals surface area contributed by atoms with Gasteiger partial charge in [-0.2, -0.15) is 0 Å². The first-order chi connectivity index (χ1) is 8.56. The number of aryl methyl sites for hydroxylation is 1. The minimum atomic E-state index is -0.255. The normalized spacial score (nSPS) is 18.7. The van der Waals surface area contributed by atoms with Crippen LogP contribution in [0, 0.1) is 6.92 Å². The van der Waals surface area contributed by atoms with Gasteiger partial charge in [0.1, 0.15) is 0 Å². The summed E-state index contributed by atoms with van der Waals surface area (Å²) in [5.41, 5.74) is 7.71. The van der Waals surface area contributed by atoms with Gasteiger partial charge in [-0.05, 0) is 31.0 Å². The van der Waals surface area contributed by atoms with Gasteiger partial charge < -0.3 is 21.1 Å². The number of urea groups is 1. The number of ether oxygens (including phenoxy) is 1. The summed E-state index contributed by atoms with van der Waals surface area (Å²) in [5.74, 6) is 0. The Morgan fingerprint density at radius 2 is 2.33 bits per heavy atom. The van der Waals surface area contributed by atoms with Gasteiger partial charge in [-0.25, -0.2) is 4.79 Å². The summed E-state index contributed by atoms with van der Waals surface area (Å²) in [6, 6.07) is 3.21. The lowest BCUT2D eigenvalue weighted by molar-refractivity contribution is 0.189. The highest BCUT2D eigenvalue weighted by molar-refractivity contribution is 6.33. The second-order valence-corrected chi connectivity index (χ2v) is 4.75. The van der Waals surface area contributed by atoms with Crippen LogP contribution in [-0.2, 0) is 4.74 Å². The van der Waals surface area contributed by atoms with Crippen molar-refractivity contribution in [3.8, 4) is 0 Å². The minimum Gasteiger partial charge on any atom is -0.398 e. The SMILES string of the molecule is Cc1cc(N)c(Cl)cc1NC(=O)NC1CCOC1. The molecule has 1 heterocycles. The van der Waals surface area contributed by atoms with Crippen LogP contribution in [0.15, 0.2) is 12.1 Å². The molecule has 6 heteroatoms. The molecule has 2 amide bonds. The number of anilines is 2. The molecule has 0 spiro atoms. The van der Waals surface area contributed by atoms with Gasteiger partial charge in [0.05, 0.1) is 23.4 Å². The number of nitrogens with two attached hydrogens (primary N) is 1. The Kier molecular flexibility index (Phi) is 3.93. The largest absolute Gasteiger partial charge is 0.398 e. The molecule has 0 aliphatic carbocycles. The lowest BCUT2D eigenvalue weighted by Crippen LogP contribution is -2.38. The van der Waals surface area contributed by atoms with Crippen molar-refractivity contribution in [3.05, 3.63) is 22.7 Å². The lowest BCUT2D eigenvalue weighted by atomic mass is 10.2. The van der Waals surface area contributed by atoms with Gasteiger partial charge >= 0.3 is 6.03 Å². The average molecular weight is 270 g/mol. The van der Waals surface area contributed by atoms with Crippen molar-refractivity contribution in [2.45, 2.75) is 19.4 Å². The molecule has 98 valence electrons. The summed E-state index contributed by atoms with van der Waals surface area (Å²) in [6.07, 6.45) is 0.842. The molecule has 1 aliphatic rings. The van der Waals surface area contributed by atoms with E-state index in [4.69, 9.17) is 22.1 Å². The molecule has 1 aliphatic heterocycles. The highest BCUT2D eigenvalue weighted by Gasteiger charge is 2.18. The number of carbonyl (C=O) groups is 1. The fourth-order valence-corrected chi connectivity index (χ4v) is 1.99. The van der Waals surface area contributed by atoms with Crippen molar-refractivity contribution in [2.75, 3.05) is 24.3 Å². The number of carbonyl (C=O) groups excluding carboxylic acids is 1. The van der Waals surface area contributed by atoms with Crippen molar-refractivity contribution in [1.29, 1.82) is 0 Å². The van der Waals surface area contributed by atoms with Crippen molar-refractivity contribution >= 4 is 29.0 Å². The number of hydrogen-bond acceptors (Lipinski definition) is 3. The lowest BCUT2D eigenvalue weighted by Gasteiger charge is -2.14. The van der Waals surface area contributed by atoms with Crippen LogP contribution in [0.5, 0.6) is 0 Å². The molecule has 2 rings (SSSR count). The van der Waals surface area contributed by atoms with Gasteiger partial charge in [0.25, 0.3) is 0 Å². The van der Waals surface area contributed by atoms with Crippen molar-refractivity contribution in [2.24, 2.45) is 0 Å². The summed E-state index contributed by atoms with van der Waals surface area (Å²) >= 11 is 5.92. The standard InChI is InChI=1S/C12H16ClN3O2/c1-7-4-10(14)9(13)5-11(7)16-12(17)15-8-2-3-18-6-8/h4-5,8H,2-3,6,14H2,1H3,(H2,15,16,17). The first-order valence-corrected chi connectivity index (χ1v) is 6.15. The number of rotatable bonds is 2. The number of hydrogen-bond donors (Lipinski definition) is 3. The Morgan fingerprint density at radius 1 is 1.56 bits per heavy atom. The minimum absolute atomic E-state index is 0.0783. The van der Waals surface area contributed by atoms with E-state index in [9.17, 15) is 4.79 Å². The van der Waals surface area contributed by atoms with Crippen LogP contribution in [0.2, 0.25) is 5.02 Å². The third kappa shape index (κ3) is 3.05. The van der Waals surface area contributed by atoms with Gasteiger partial charge in [0.15, 0.2) is 0 Å². The number of halogens is 1. The van der Waals surface area contributed by atoms with Gasteiger partial charge in [0.2, 0.25) is 0 Å². The number of amides is 2. The molecule has 1 unspecified atom stereocenters. The van der Waals surface area contributed by atoms with Gasteiger partial charge in [-0.1, -0.05) is 11.6 Å². The molecule has 5 nitrogen and oxygen atoms in total. The van der Waals surface area contributed by atoms with E-state index in [0.717, 1.165) is 12.0 Å². The molecule has 0 aromatic heterocycles. The maximum absolute atomic E-state index is 11.8. The number of benzene rings is 1. The molecule has 0 saturated carbocycles. The third-order valence-electron chi connectivity index (χ3n) is 2.86. The molecule has 1 aromatic rings. The zero-order valence-corrected chi connectivity index (χ0v) is 10.9. The van der Waals surface area contributed by atoms with E-state index in [1.54, 1.807) is 12.1 Å². The Hall–Kier alpha value is -1.46. The van der Waals surface area contributed by atoms with Crippen LogP contribution in [-0.4, -0.2) is 25.3 Å². The predicted octanol–water partition coefficient (Wildman–Crippen LogP) is 2.14. The van der Waals surface area contributed by atoms with Crippen LogP contribution in [0.3, 0.4) is 0 Å². The van der Waals surface area contributed by atoms with E-state index in [1.807, 2.05) is 6.92 Å². The van der Waals surface area contributed by atoms with E-state index in [1.165, 1.54) is 0 Å². The van der Waals surface area contributed by atoms with Crippen LogP contribution in [0.4, 0.5) is 16.2 Å². The predicted molar refractivity (Wildman–Crippen MR) is 72.0 cm³/mol. The van der Waals surface area contributed by atoms with E-state index < -0.39 is 0 Å². The quantitative estimate of drug-likeness (QED) is 0.720. The van der Waals surface area contributed by atoms with E-state index >= 15 is 0 Å². The summed E-state index contributed by atoms with van der Waals surface area (Å²) in [4.78, 5) is 11.8. The Morgan fingerprint density at radius 3 is 3.00 bits per heavy atom. The number of nitrogen functional groups attached to an aromatic ring is 1. The maximum Gasteiger partial charge on any atom is 0.319 e.